The average Bonchev–Trinajstić information content (AvgIpc) is 2.42. The topological polar surface area (TPSA) is 0 Å². The molecule has 0 aliphatic heterocycles. The Morgan fingerprint density at radius 3 is 2.50 bits per heavy atom. The second-order valence-corrected chi connectivity index (χ2v) is 5.17. The monoisotopic (exact) mass is 328 g/mol. The van der Waals surface area contributed by atoms with E-state index in [0.717, 1.165) is 20.1 Å². The minimum Gasteiger partial charge on any atom is -0.141 e. The van der Waals surface area contributed by atoms with Gasteiger partial charge in [0.25, 0.3) is 0 Å². The number of thiophene rings is 1. The molecule has 0 fully saturated rings. The summed E-state index contributed by atoms with van der Waals surface area (Å²) >= 11 is 15.9. The minimum atomic E-state index is 0.778. The molecule has 0 nitrogen and oxygen atoms in total. The summed E-state index contributed by atoms with van der Waals surface area (Å²) in [6.45, 7) is 0. The van der Waals surface area contributed by atoms with Gasteiger partial charge in [0, 0.05) is 14.3 Å². The zero-order chi connectivity index (χ0) is 8.72. The second kappa shape index (κ2) is 3.33. The van der Waals surface area contributed by atoms with Crippen LogP contribution in [0.25, 0.3) is 10.1 Å². The van der Waals surface area contributed by atoms with E-state index in [0.29, 0.717) is 0 Å². The van der Waals surface area contributed by atoms with Gasteiger partial charge in [-0.3, -0.25) is 0 Å². The summed E-state index contributed by atoms with van der Waals surface area (Å²) in [5.74, 6) is 0. The predicted octanol–water partition coefficient (Wildman–Crippen LogP) is 4.81. The highest BCUT2D eigenvalue weighted by atomic mass is 127. The largest absolute Gasteiger partial charge is 0.141 e. The number of benzene rings is 1. The molecule has 0 radical (unpaired) electrons. The van der Waals surface area contributed by atoms with E-state index in [-0.39, 0.29) is 0 Å². The summed E-state index contributed by atoms with van der Waals surface area (Å²) in [5, 5.41) is 4.69. The number of halogens is 3. The second-order valence-electron chi connectivity index (χ2n) is 2.32. The van der Waals surface area contributed by atoms with Crippen LogP contribution in [0.15, 0.2) is 17.5 Å². The van der Waals surface area contributed by atoms with E-state index in [1.54, 1.807) is 11.3 Å². The fourth-order valence-corrected chi connectivity index (χ4v) is 3.79. The van der Waals surface area contributed by atoms with Gasteiger partial charge in [-0.1, -0.05) is 23.2 Å². The molecule has 0 amide bonds. The van der Waals surface area contributed by atoms with Crippen molar-refractivity contribution in [3.05, 3.63) is 31.1 Å². The molecule has 62 valence electrons. The first kappa shape index (κ1) is 9.06. The third kappa shape index (κ3) is 1.35. The number of rotatable bonds is 0. The lowest BCUT2D eigenvalue weighted by Gasteiger charge is -1.96. The SMILES string of the molecule is Clc1ccc(Cl)c2c(I)csc12. The van der Waals surface area contributed by atoms with Crippen LogP contribution in [0.3, 0.4) is 0 Å². The Balaban J connectivity index is 2.98. The highest BCUT2D eigenvalue weighted by Gasteiger charge is 2.08. The summed E-state index contributed by atoms with van der Waals surface area (Å²) in [4.78, 5) is 0. The zero-order valence-corrected chi connectivity index (χ0v) is 10.3. The maximum atomic E-state index is 6.02. The van der Waals surface area contributed by atoms with Crippen LogP contribution in [0, 0.1) is 3.57 Å². The lowest BCUT2D eigenvalue weighted by Crippen LogP contribution is -1.70. The van der Waals surface area contributed by atoms with E-state index in [1.807, 2.05) is 12.1 Å². The fourth-order valence-electron chi connectivity index (χ4n) is 1.04. The van der Waals surface area contributed by atoms with Crippen molar-refractivity contribution in [2.24, 2.45) is 0 Å². The molecule has 0 N–H and O–H groups in total. The Kier molecular flexibility index (Phi) is 2.51. The lowest BCUT2D eigenvalue weighted by molar-refractivity contribution is 1.82. The van der Waals surface area contributed by atoms with Gasteiger partial charge in [-0.2, -0.15) is 0 Å². The van der Waals surface area contributed by atoms with Crippen molar-refractivity contribution in [1.82, 2.24) is 0 Å². The Bertz CT molecular complexity index is 436. The Hall–Kier alpha value is 0.490. The molecule has 0 unspecified atom stereocenters. The van der Waals surface area contributed by atoms with Crippen LogP contribution in [0.1, 0.15) is 0 Å². The molecule has 0 spiro atoms. The molecular formula is C8H3Cl2IS. The Morgan fingerprint density at radius 1 is 1.17 bits per heavy atom. The van der Waals surface area contributed by atoms with Gasteiger partial charge >= 0.3 is 0 Å². The van der Waals surface area contributed by atoms with Crippen LogP contribution >= 0.6 is 57.1 Å². The normalized spacial score (nSPS) is 10.9. The number of fused-ring (bicyclic) bond motifs is 1. The van der Waals surface area contributed by atoms with Crippen molar-refractivity contribution in [3.63, 3.8) is 0 Å². The quantitative estimate of drug-likeness (QED) is 0.609. The molecule has 4 heteroatoms. The smallest absolute Gasteiger partial charge is 0.0585 e. The van der Waals surface area contributed by atoms with Crippen molar-refractivity contribution < 1.29 is 0 Å². The maximum absolute atomic E-state index is 6.02. The number of hydrogen-bond donors (Lipinski definition) is 0. The molecule has 1 aromatic heterocycles. The highest BCUT2D eigenvalue weighted by Crippen LogP contribution is 2.37. The highest BCUT2D eigenvalue weighted by molar-refractivity contribution is 14.1. The van der Waals surface area contributed by atoms with E-state index in [4.69, 9.17) is 23.2 Å². The van der Waals surface area contributed by atoms with Gasteiger partial charge in [-0.15, -0.1) is 11.3 Å². The Morgan fingerprint density at radius 2 is 1.83 bits per heavy atom. The molecule has 12 heavy (non-hydrogen) atoms. The molecule has 2 rings (SSSR count). The van der Waals surface area contributed by atoms with E-state index in [2.05, 4.69) is 28.0 Å². The zero-order valence-electron chi connectivity index (χ0n) is 5.77. The molecule has 1 heterocycles. The van der Waals surface area contributed by atoms with E-state index >= 15 is 0 Å². The predicted molar refractivity (Wildman–Crippen MR) is 64.6 cm³/mol. The minimum absolute atomic E-state index is 0.778. The van der Waals surface area contributed by atoms with Gasteiger partial charge < -0.3 is 0 Å². The molecular weight excluding hydrogens is 326 g/mol. The van der Waals surface area contributed by atoms with Crippen molar-refractivity contribution in [2.75, 3.05) is 0 Å². The standard InChI is InChI=1S/C8H3Cl2IS/c9-4-1-2-5(10)8-7(4)6(11)3-12-8/h1-3H. The van der Waals surface area contributed by atoms with Crippen LogP contribution in [-0.4, -0.2) is 0 Å². The number of hydrogen-bond acceptors (Lipinski definition) is 1. The summed E-state index contributed by atoms with van der Waals surface area (Å²) in [6.07, 6.45) is 0. The molecule has 0 aliphatic carbocycles. The Labute approximate surface area is 97.6 Å². The third-order valence-electron chi connectivity index (χ3n) is 1.58. The molecule has 2 aromatic rings. The van der Waals surface area contributed by atoms with Gasteiger partial charge in [0.15, 0.2) is 0 Å². The van der Waals surface area contributed by atoms with E-state index in [9.17, 15) is 0 Å². The first-order chi connectivity index (χ1) is 5.70. The fraction of sp³-hybridized carbons (Fsp3) is 0. The lowest BCUT2D eigenvalue weighted by atomic mass is 10.3. The van der Waals surface area contributed by atoms with Crippen molar-refractivity contribution in [2.45, 2.75) is 0 Å². The molecule has 0 atom stereocenters. The van der Waals surface area contributed by atoms with Gasteiger partial charge in [0.05, 0.1) is 14.7 Å². The first-order valence-electron chi connectivity index (χ1n) is 3.21. The third-order valence-corrected chi connectivity index (χ3v) is 4.61. The van der Waals surface area contributed by atoms with Gasteiger partial charge in [0.2, 0.25) is 0 Å². The van der Waals surface area contributed by atoms with Gasteiger partial charge in [0.1, 0.15) is 0 Å². The molecule has 1 aromatic carbocycles. The maximum Gasteiger partial charge on any atom is 0.0585 e. The van der Waals surface area contributed by atoms with Crippen LogP contribution in [-0.2, 0) is 0 Å². The van der Waals surface area contributed by atoms with Crippen molar-refractivity contribution >= 4 is 67.2 Å². The molecule has 0 aliphatic rings. The molecule has 0 bridgehead atoms. The van der Waals surface area contributed by atoms with Crippen LogP contribution in [0.2, 0.25) is 10.0 Å². The summed E-state index contributed by atoms with van der Waals surface area (Å²) < 4.78 is 2.24. The molecule has 0 saturated carbocycles. The van der Waals surface area contributed by atoms with Gasteiger partial charge in [-0.25, -0.2) is 0 Å². The van der Waals surface area contributed by atoms with Crippen LogP contribution < -0.4 is 0 Å². The first-order valence-corrected chi connectivity index (χ1v) is 5.92. The van der Waals surface area contributed by atoms with Gasteiger partial charge in [-0.05, 0) is 34.7 Å². The summed E-state index contributed by atoms with van der Waals surface area (Å²) in [5.41, 5.74) is 0. The van der Waals surface area contributed by atoms with Crippen molar-refractivity contribution in [3.8, 4) is 0 Å². The molecule has 0 saturated heterocycles. The van der Waals surface area contributed by atoms with Crippen molar-refractivity contribution in [1.29, 1.82) is 0 Å². The van der Waals surface area contributed by atoms with Crippen LogP contribution in [0.4, 0.5) is 0 Å². The van der Waals surface area contributed by atoms with E-state index < -0.39 is 0 Å². The van der Waals surface area contributed by atoms with Crippen LogP contribution in [0.5, 0.6) is 0 Å². The summed E-state index contributed by atoms with van der Waals surface area (Å²) in [6, 6.07) is 3.67. The summed E-state index contributed by atoms with van der Waals surface area (Å²) in [7, 11) is 0. The van der Waals surface area contributed by atoms with E-state index in [1.165, 1.54) is 3.57 Å². The average molecular weight is 329 g/mol.